The van der Waals surface area contributed by atoms with Crippen molar-refractivity contribution in [1.29, 1.82) is 0 Å². The number of nitrogens with one attached hydrogen (secondary N) is 1. The first kappa shape index (κ1) is 16.3. The summed E-state index contributed by atoms with van der Waals surface area (Å²) in [7, 11) is 0. The number of hydrogen-bond donors (Lipinski definition) is 1. The smallest absolute Gasteiger partial charge is 0.434 e. The first-order chi connectivity index (χ1) is 9.33. The molecule has 1 aliphatic heterocycles. The van der Waals surface area contributed by atoms with Crippen LogP contribution in [0.15, 0.2) is 0 Å². The molecule has 0 aromatic carbocycles. The molecule has 4 heteroatoms. The van der Waals surface area contributed by atoms with Crippen molar-refractivity contribution in [2.45, 2.75) is 70.8 Å². The van der Waals surface area contributed by atoms with Crippen LogP contribution in [0.5, 0.6) is 0 Å². The lowest BCUT2D eigenvalue weighted by Crippen LogP contribution is -2.21. The van der Waals surface area contributed by atoms with Gasteiger partial charge in [0.2, 0.25) is 0 Å². The van der Waals surface area contributed by atoms with E-state index in [9.17, 15) is 4.79 Å². The molecule has 1 aliphatic rings. The summed E-state index contributed by atoms with van der Waals surface area (Å²) in [6.07, 6.45) is 10.2. The van der Waals surface area contributed by atoms with Gasteiger partial charge in [-0.3, -0.25) is 0 Å². The summed E-state index contributed by atoms with van der Waals surface area (Å²) in [5, 5.41) is 3.02. The van der Waals surface area contributed by atoms with E-state index in [-0.39, 0.29) is 6.10 Å². The Balaban J connectivity index is 1.80. The minimum atomic E-state index is -0.523. The molecule has 1 heterocycles. The van der Waals surface area contributed by atoms with Gasteiger partial charge in [0, 0.05) is 19.5 Å². The molecule has 0 bridgehead atoms. The van der Waals surface area contributed by atoms with Crippen LogP contribution in [0.1, 0.15) is 64.7 Å². The highest BCUT2D eigenvalue weighted by Gasteiger charge is 2.19. The van der Waals surface area contributed by atoms with Gasteiger partial charge in [0.1, 0.15) is 6.10 Å². The molecule has 0 aromatic rings. The largest absolute Gasteiger partial charge is 0.508 e. The molecule has 1 saturated heterocycles. The van der Waals surface area contributed by atoms with Crippen molar-refractivity contribution in [1.82, 2.24) is 5.32 Å². The normalized spacial score (nSPS) is 18.5. The van der Waals surface area contributed by atoms with E-state index in [1.165, 1.54) is 38.5 Å². The molecule has 1 radical (unpaired) electrons. The van der Waals surface area contributed by atoms with Crippen LogP contribution in [0.3, 0.4) is 0 Å². The van der Waals surface area contributed by atoms with Crippen LogP contribution >= 0.6 is 0 Å². The predicted molar refractivity (Wildman–Crippen MR) is 75.8 cm³/mol. The van der Waals surface area contributed by atoms with E-state index in [0.717, 1.165) is 19.3 Å². The van der Waals surface area contributed by atoms with E-state index in [4.69, 9.17) is 9.47 Å². The average molecular weight is 270 g/mol. The van der Waals surface area contributed by atoms with Crippen molar-refractivity contribution in [3.05, 3.63) is 6.54 Å². The van der Waals surface area contributed by atoms with Crippen LogP contribution in [0.25, 0.3) is 0 Å². The first-order valence-electron chi connectivity index (χ1n) is 7.71. The first-order valence-corrected chi connectivity index (χ1v) is 7.71. The molecule has 0 amide bonds. The van der Waals surface area contributed by atoms with Crippen LogP contribution in [0.4, 0.5) is 4.79 Å². The van der Waals surface area contributed by atoms with E-state index in [1.54, 1.807) is 0 Å². The van der Waals surface area contributed by atoms with Crippen molar-refractivity contribution in [3.8, 4) is 0 Å². The molecule has 1 atom stereocenters. The zero-order valence-electron chi connectivity index (χ0n) is 12.2. The quantitative estimate of drug-likeness (QED) is 0.484. The SMILES string of the molecule is CCCCCCCCCCOC(=O)OC1C[CH]NC1. The molecule has 1 rings (SSSR count). The summed E-state index contributed by atoms with van der Waals surface area (Å²) in [6, 6.07) is 0. The Morgan fingerprint density at radius 2 is 1.84 bits per heavy atom. The molecule has 1 N–H and O–H groups in total. The molecule has 0 aliphatic carbocycles. The van der Waals surface area contributed by atoms with Gasteiger partial charge in [0.05, 0.1) is 6.61 Å². The maximum Gasteiger partial charge on any atom is 0.508 e. The van der Waals surface area contributed by atoms with Crippen LogP contribution in [0, 0.1) is 6.54 Å². The fourth-order valence-corrected chi connectivity index (χ4v) is 2.16. The molecule has 0 saturated carbocycles. The Hall–Kier alpha value is -0.770. The van der Waals surface area contributed by atoms with Gasteiger partial charge >= 0.3 is 6.16 Å². The second kappa shape index (κ2) is 11.1. The molecule has 0 spiro atoms. The van der Waals surface area contributed by atoms with Crippen LogP contribution in [-0.4, -0.2) is 25.4 Å². The molecule has 111 valence electrons. The zero-order chi connectivity index (χ0) is 13.8. The highest BCUT2D eigenvalue weighted by atomic mass is 16.7. The van der Waals surface area contributed by atoms with E-state index in [1.807, 2.05) is 6.54 Å². The maximum atomic E-state index is 11.3. The van der Waals surface area contributed by atoms with Crippen molar-refractivity contribution in [2.24, 2.45) is 0 Å². The lowest BCUT2D eigenvalue weighted by atomic mass is 10.1. The van der Waals surface area contributed by atoms with Gasteiger partial charge in [-0.1, -0.05) is 51.9 Å². The fraction of sp³-hybridized carbons (Fsp3) is 0.867. The Kier molecular flexibility index (Phi) is 9.51. The zero-order valence-corrected chi connectivity index (χ0v) is 12.2. The molecular formula is C15H28NO3. The summed E-state index contributed by atoms with van der Waals surface area (Å²) in [4.78, 5) is 11.3. The van der Waals surface area contributed by atoms with Crippen LogP contribution < -0.4 is 5.32 Å². The lowest BCUT2D eigenvalue weighted by Gasteiger charge is -2.10. The highest BCUT2D eigenvalue weighted by Crippen LogP contribution is 2.09. The minimum Gasteiger partial charge on any atom is -0.434 e. The Morgan fingerprint density at radius 3 is 2.47 bits per heavy atom. The van der Waals surface area contributed by atoms with Gasteiger partial charge in [0.25, 0.3) is 0 Å². The number of carbonyl (C=O) groups is 1. The molecular weight excluding hydrogens is 242 g/mol. The summed E-state index contributed by atoms with van der Waals surface area (Å²) >= 11 is 0. The third kappa shape index (κ3) is 8.87. The maximum absolute atomic E-state index is 11.3. The highest BCUT2D eigenvalue weighted by molar-refractivity contribution is 5.60. The van der Waals surface area contributed by atoms with Gasteiger partial charge in [-0.2, -0.15) is 0 Å². The topological polar surface area (TPSA) is 47.6 Å². The monoisotopic (exact) mass is 270 g/mol. The van der Waals surface area contributed by atoms with Crippen molar-refractivity contribution in [3.63, 3.8) is 0 Å². The van der Waals surface area contributed by atoms with Crippen molar-refractivity contribution < 1.29 is 14.3 Å². The van der Waals surface area contributed by atoms with Gasteiger partial charge in [-0.05, 0) is 6.42 Å². The Morgan fingerprint density at radius 1 is 1.16 bits per heavy atom. The van der Waals surface area contributed by atoms with Gasteiger partial charge in [0.15, 0.2) is 0 Å². The summed E-state index contributed by atoms with van der Waals surface area (Å²) < 4.78 is 10.2. The Bertz CT molecular complexity index is 227. The molecule has 1 fully saturated rings. The van der Waals surface area contributed by atoms with Crippen molar-refractivity contribution >= 4 is 6.16 Å². The van der Waals surface area contributed by atoms with Crippen LogP contribution in [-0.2, 0) is 9.47 Å². The molecule has 4 nitrogen and oxygen atoms in total. The molecule has 1 unspecified atom stereocenters. The summed E-state index contributed by atoms with van der Waals surface area (Å²) in [5.74, 6) is 0. The fourth-order valence-electron chi connectivity index (χ4n) is 2.16. The van der Waals surface area contributed by atoms with Gasteiger partial charge in [-0.25, -0.2) is 4.79 Å². The van der Waals surface area contributed by atoms with Crippen LogP contribution in [0.2, 0.25) is 0 Å². The van der Waals surface area contributed by atoms with Gasteiger partial charge in [-0.15, -0.1) is 0 Å². The second-order valence-corrected chi connectivity index (χ2v) is 5.16. The second-order valence-electron chi connectivity index (χ2n) is 5.16. The van der Waals surface area contributed by atoms with Gasteiger partial charge < -0.3 is 14.8 Å². The molecule has 19 heavy (non-hydrogen) atoms. The number of ether oxygens (including phenoxy) is 2. The Labute approximate surface area is 117 Å². The van der Waals surface area contributed by atoms with E-state index < -0.39 is 6.16 Å². The third-order valence-electron chi connectivity index (χ3n) is 3.35. The summed E-state index contributed by atoms with van der Waals surface area (Å²) in [6.45, 7) is 5.33. The third-order valence-corrected chi connectivity index (χ3v) is 3.35. The predicted octanol–water partition coefficient (Wildman–Crippen LogP) is 3.80. The lowest BCUT2D eigenvalue weighted by molar-refractivity contribution is 0.0291. The summed E-state index contributed by atoms with van der Waals surface area (Å²) in [5.41, 5.74) is 0. The standard InChI is InChI=1S/C15H28NO3/c1-2-3-4-5-6-7-8-9-12-18-15(17)19-14-10-11-16-13-14/h11,14,16H,2-10,12-13H2,1H3. The van der Waals surface area contributed by atoms with Crippen molar-refractivity contribution in [2.75, 3.05) is 13.2 Å². The van der Waals surface area contributed by atoms with E-state index in [0.29, 0.717) is 13.2 Å². The minimum absolute atomic E-state index is 0.0499. The molecule has 0 aromatic heterocycles. The number of carbonyl (C=O) groups excluding carboxylic acids is 1. The average Bonchev–Trinajstić information content (AvgIpc) is 2.89. The number of rotatable bonds is 10. The number of hydrogen-bond acceptors (Lipinski definition) is 4. The van der Waals surface area contributed by atoms with E-state index >= 15 is 0 Å². The number of unbranched alkanes of at least 4 members (excludes halogenated alkanes) is 7. The van der Waals surface area contributed by atoms with E-state index in [2.05, 4.69) is 12.2 Å².